The molecule has 12 bridgehead atoms. The summed E-state index contributed by atoms with van der Waals surface area (Å²) in [6, 6.07) is 6.20. The van der Waals surface area contributed by atoms with Crippen molar-refractivity contribution in [2.75, 3.05) is 40.5 Å². The van der Waals surface area contributed by atoms with Gasteiger partial charge in [0.1, 0.15) is 46.7 Å². The van der Waals surface area contributed by atoms with Crippen molar-refractivity contribution in [1.29, 1.82) is 0 Å². The van der Waals surface area contributed by atoms with Crippen LogP contribution in [0.5, 0.6) is 11.5 Å². The minimum Gasteiger partial charge on any atom is -0.496 e. The first-order valence-electron chi connectivity index (χ1n) is 35.2. The Hall–Kier alpha value is -9.40. The Bertz CT molecular complexity index is 4310. The summed E-state index contributed by atoms with van der Waals surface area (Å²) in [7, 11) is -4.68. The van der Waals surface area contributed by atoms with Gasteiger partial charge in [-0.05, 0) is 148 Å². The van der Waals surface area contributed by atoms with Gasteiger partial charge in [0.2, 0.25) is 50.6 Å². The number of nitrogens with zero attached hydrogens (tertiary/aromatic N) is 10. The number of carbonyl (C=O) groups excluding carboxylic acids is 7. The number of fused-ring (bicyclic) bond motifs is 16. The Balaban J connectivity index is 0.000000196. The number of sulfonamides is 2. The highest BCUT2D eigenvalue weighted by Gasteiger charge is 2.67. The Morgan fingerprint density at radius 2 is 1.07 bits per heavy atom. The lowest BCUT2D eigenvalue weighted by molar-refractivity contribution is -0.150. The number of allylic oxidation sites excluding steroid dienone is 2. The van der Waals surface area contributed by atoms with E-state index in [-0.39, 0.29) is 51.4 Å². The molecule has 33 nitrogen and oxygen atoms in total. The van der Waals surface area contributed by atoms with Gasteiger partial charge < -0.3 is 55.5 Å². The van der Waals surface area contributed by atoms with Gasteiger partial charge in [-0.25, -0.2) is 48.8 Å². The van der Waals surface area contributed by atoms with Gasteiger partial charge in [-0.15, -0.1) is 30.0 Å². The summed E-state index contributed by atoms with van der Waals surface area (Å²) in [6.45, 7) is 10.8. The number of alkyl carbamates (subject to hydrolysis) is 2. The van der Waals surface area contributed by atoms with Crippen LogP contribution in [0.3, 0.4) is 0 Å². The summed E-state index contributed by atoms with van der Waals surface area (Å²) in [5, 5.41) is 42.2. The molecule has 0 radical (unpaired) electrons. The maximum Gasteiger partial charge on any atom is 0.407 e. The standard InChI is InChI=1S/C34H44F2N8O8S.C26H34N6O6.C8H12F2N2O3S/c1-33(2,3)26-30(46)43-18-20(16-24(43)29(45)38-34(17-23(34)27(35)36)31(47)41-53(49,50)22-11-12-22)28-39-42-44(40-28)21-10-13-25(51-4)19(15-21)9-7-5-6-8-14-52-32(48)37-26;1-26(2,3)21-23(33)31-15-17(14-19(31)24(34)35)22-28-30-32(29-22)18-10-11-20(37-4)16(13-18)9-7-5-6-8-12-38-25(36)27-21;9-6(10)5-3-8(5,11)7(13)12-16(14,15)4-1-2-4/h7,9-10,13,15,20,22-24,26-27H,5-6,8,11-12,14,16-18H2,1-4H3,(H,37,48)(H,38,45)(H,41,47);7,9-11,13,17,19,21H,5-6,8,12,14-15H2,1-4H3,(H,27,36)(H,34,35);4-6H,1-3,11H2,(H,12,13)/b2*9-7+;/t20-,23+,24+,26-,34-;17-,19+,21-;5-,8+/m110/s1. The van der Waals surface area contributed by atoms with E-state index in [0.717, 1.165) is 24.0 Å². The fourth-order valence-corrected chi connectivity index (χ4v) is 15.7. The third kappa shape index (κ3) is 18.9. The first-order chi connectivity index (χ1) is 50.4. The van der Waals surface area contributed by atoms with Crippen LogP contribution in [0.2, 0.25) is 0 Å². The summed E-state index contributed by atoms with van der Waals surface area (Å²) in [5.41, 5.74) is 2.72. The van der Waals surface area contributed by atoms with Crippen molar-refractivity contribution >= 4 is 79.9 Å². The van der Waals surface area contributed by atoms with Gasteiger partial charge >= 0.3 is 18.2 Å². The highest BCUT2D eigenvalue weighted by Crippen LogP contribution is 2.49. The molecule has 2 aromatic heterocycles. The Morgan fingerprint density at radius 3 is 1.46 bits per heavy atom. The number of carboxylic acid groups (broad SMARTS) is 1. The Morgan fingerprint density at radius 1 is 0.636 bits per heavy atom. The molecule has 584 valence electrons. The molecular formula is C68H90F4N16O17S2. The first-order valence-corrected chi connectivity index (χ1v) is 38.3. The summed E-state index contributed by atoms with van der Waals surface area (Å²) >= 11 is 0. The largest absolute Gasteiger partial charge is 0.496 e. The van der Waals surface area contributed by atoms with Crippen molar-refractivity contribution in [1.82, 2.24) is 75.6 Å². The van der Waals surface area contributed by atoms with Crippen molar-refractivity contribution in [3.63, 3.8) is 0 Å². The summed E-state index contributed by atoms with van der Waals surface area (Å²) in [5.74, 6) is -7.69. The van der Waals surface area contributed by atoms with Crippen molar-refractivity contribution in [3.8, 4) is 22.9 Å². The fourth-order valence-electron chi connectivity index (χ4n) is 13.0. The predicted molar refractivity (Wildman–Crippen MR) is 372 cm³/mol. The van der Waals surface area contributed by atoms with Crippen LogP contribution >= 0.6 is 0 Å². The summed E-state index contributed by atoms with van der Waals surface area (Å²) < 4.78 is 126. The molecule has 2 saturated heterocycles. The number of amides is 7. The number of nitrogens with two attached hydrogens (primary N) is 1. The molecule has 2 aromatic carbocycles. The molecule has 8 aliphatic rings. The second kappa shape index (κ2) is 32.2. The van der Waals surface area contributed by atoms with Gasteiger partial charge in [-0.3, -0.25) is 33.4 Å². The molecule has 0 unspecified atom stereocenters. The second-order valence-corrected chi connectivity index (χ2v) is 34.0. The van der Waals surface area contributed by atoms with Crippen LogP contribution in [0.4, 0.5) is 27.2 Å². The first kappa shape index (κ1) is 80.1. The molecule has 0 spiro atoms. The van der Waals surface area contributed by atoms with Crippen LogP contribution in [0, 0.1) is 22.7 Å². The van der Waals surface area contributed by atoms with Crippen LogP contribution < -0.4 is 40.6 Å². The molecular weight excluding hydrogens is 1450 g/mol. The van der Waals surface area contributed by atoms with Gasteiger partial charge in [-0.1, -0.05) is 65.8 Å². The molecule has 7 amide bonds. The molecule has 107 heavy (non-hydrogen) atoms. The Labute approximate surface area is 614 Å². The van der Waals surface area contributed by atoms with Gasteiger partial charge in [0.05, 0.1) is 55.2 Å². The Kier molecular flexibility index (Phi) is 24.1. The van der Waals surface area contributed by atoms with E-state index in [1.54, 1.807) is 72.6 Å². The lowest BCUT2D eigenvalue weighted by atomic mass is 9.85. The number of benzene rings is 2. The number of ether oxygens (including phenoxy) is 4. The van der Waals surface area contributed by atoms with Crippen LogP contribution in [0.15, 0.2) is 48.6 Å². The second-order valence-electron chi connectivity index (χ2n) is 30.0. The number of hydrogen-bond donors (Lipinski definition) is 7. The van der Waals surface area contributed by atoms with Crippen molar-refractivity contribution in [2.24, 2.45) is 28.4 Å². The van der Waals surface area contributed by atoms with E-state index in [0.29, 0.717) is 80.1 Å². The van der Waals surface area contributed by atoms with Gasteiger partial charge in [0.25, 0.3) is 11.8 Å². The highest BCUT2D eigenvalue weighted by atomic mass is 32.2. The molecule has 39 heteroatoms. The monoisotopic (exact) mass is 1540 g/mol. The third-order valence-corrected chi connectivity index (χ3v) is 23.5. The van der Waals surface area contributed by atoms with Gasteiger partial charge in [-0.2, -0.15) is 0 Å². The predicted octanol–water partition coefficient (Wildman–Crippen LogP) is 4.80. The molecule has 12 rings (SSSR count). The maximum atomic E-state index is 14.4. The number of methoxy groups -OCH3 is 2. The number of nitrogens with one attached hydrogen (secondary N) is 5. The van der Waals surface area contributed by atoms with Gasteiger partial charge in [0, 0.05) is 42.0 Å². The van der Waals surface area contributed by atoms with E-state index in [9.17, 15) is 77.9 Å². The fraction of sp³-hybridized carbons (Fsp3) is 0.618. The highest BCUT2D eigenvalue weighted by molar-refractivity contribution is 7.91. The number of hydrogen-bond acceptors (Lipinski definition) is 23. The number of carbonyl (C=O) groups is 8. The summed E-state index contributed by atoms with van der Waals surface area (Å²) in [6.07, 6.45) is 5.69. The third-order valence-electron chi connectivity index (χ3n) is 19.8. The number of cyclic esters (lactones) is 2. The molecule has 6 fully saturated rings. The molecule has 10 atom stereocenters. The maximum absolute atomic E-state index is 14.4. The number of alkyl halides is 4. The number of halogens is 4. The topological polar surface area (TPSA) is 442 Å². The summed E-state index contributed by atoms with van der Waals surface area (Å²) in [4.78, 5) is 110. The molecule has 8 N–H and O–H groups in total. The lowest BCUT2D eigenvalue weighted by Gasteiger charge is -2.35. The van der Waals surface area contributed by atoms with E-state index in [2.05, 4.69) is 46.8 Å². The molecule has 4 aliphatic carbocycles. The van der Waals surface area contributed by atoms with Crippen LogP contribution in [-0.4, -0.2) is 219 Å². The molecule has 4 aliphatic heterocycles. The van der Waals surface area contributed by atoms with Crippen LogP contribution in [-0.2, 0) is 58.3 Å². The van der Waals surface area contributed by atoms with Gasteiger partial charge in [0.15, 0.2) is 11.6 Å². The molecule has 6 heterocycles. The van der Waals surface area contributed by atoms with E-state index >= 15 is 0 Å². The molecule has 4 aromatic rings. The number of rotatable bonds is 13. The lowest BCUT2D eigenvalue weighted by Crippen LogP contribution is -2.60. The smallest absolute Gasteiger partial charge is 0.407 e. The average molecular weight is 1540 g/mol. The van der Waals surface area contributed by atoms with Crippen LogP contribution in [0.1, 0.15) is 166 Å². The number of aromatic nitrogens is 8. The van der Waals surface area contributed by atoms with E-state index in [1.165, 1.54) is 19.4 Å². The van der Waals surface area contributed by atoms with Crippen molar-refractivity contribution < 1.29 is 96.8 Å². The zero-order chi connectivity index (χ0) is 77.9. The van der Waals surface area contributed by atoms with E-state index in [1.807, 2.05) is 53.3 Å². The minimum absolute atomic E-state index is 0.0847. The van der Waals surface area contributed by atoms with Crippen molar-refractivity contribution in [2.45, 2.75) is 202 Å². The van der Waals surface area contributed by atoms with Crippen LogP contribution in [0.25, 0.3) is 23.5 Å². The van der Waals surface area contributed by atoms with E-state index < -0.39 is 167 Å². The quantitative estimate of drug-likeness (QED) is 0.0884. The number of carboxylic acids is 1. The van der Waals surface area contributed by atoms with E-state index in [4.69, 9.17) is 24.7 Å². The minimum atomic E-state index is -4.12. The molecule has 4 saturated carbocycles. The van der Waals surface area contributed by atoms with Crippen molar-refractivity contribution in [3.05, 3.63) is 71.3 Å². The average Bonchev–Trinajstić information content (AvgIpc) is 1.57. The number of tetrazole rings is 2. The zero-order valence-corrected chi connectivity index (χ0v) is 61.9. The SMILES string of the molecule is COc1ccc2cc1/C=C/CCCCOC(=O)N[C@@H](C(C)(C)C)C(=O)N1C[C@@H](C[C@H]1C(=O)N[C@]1(C(=O)NS(=O)(=O)C3CC3)C[C@H]1C(F)F)c1nnn-2n1.COc1ccc2cc1/C=C/CCCCOC(=O)N[C@@H](C(C)(C)C)C(=O)N1C[C@@H](C[C@H]1C(=O)O)c1nnn-2n1.N[C@]1(C(=O)NS(=O)(=O)C2CC2)C[C@H]1C(F)F. The zero-order valence-electron chi connectivity index (χ0n) is 60.3. The normalized spacial score (nSPS) is 27.1. The number of aliphatic carboxylic acids is 1.